The number of aliphatic hydroxyl groups is 2. The van der Waals surface area contributed by atoms with Gasteiger partial charge in [-0.2, -0.15) is 0 Å². The largest absolute Gasteiger partial charge is 0.396 e. The summed E-state index contributed by atoms with van der Waals surface area (Å²) in [5.74, 6) is 0.740. The maximum absolute atomic E-state index is 10.5. The third-order valence-electron chi connectivity index (χ3n) is 5.82. The van der Waals surface area contributed by atoms with Crippen molar-refractivity contribution < 1.29 is 14.9 Å². The summed E-state index contributed by atoms with van der Waals surface area (Å²) < 4.78 is 5.11. The van der Waals surface area contributed by atoms with E-state index in [2.05, 4.69) is 34.3 Å². The zero-order chi connectivity index (χ0) is 19.9. The van der Waals surface area contributed by atoms with Crippen LogP contribution in [-0.2, 0) is 24.1 Å². The summed E-state index contributed by atoms with van der Waals surface area (Å²) in [6, 6.07) is 10.4. The smallest absolute Gasteiger partial charge is 0.130 e. The topological polar surface area (TPSA) is 87.5 Å². The van der Waals surface area contributed by atoms with E-state index in [4.69, 9.17) is 4.74 Å². The van der Waals surface area contributed by atoms with Gasteiger partial charge in [-0.1, -0.05) is 24.3 Å². The molecule has 152 valence electrons. The van der Waals surface area contributed by atoms with Crippen LogP contribution in [-0.4, -0.2) is 52.7 Å². The molecule has 1 aliphatic carbocycles. The molecule has 2 aromatic rings. The van der Waals surface area contributed by atoms with Crippen molar-refractivity contribution in [1.82, 2.24) is 15.3 Å². The number of ether oxygens (including phenoxy) is 1. The lowest BCUT2D eigenvalue weighted by Gasteiger charge is -2.25. The van der Waals surface area contributed by atoms with Crippen LogP contribution in [0.4, 0.5) is 0 Å². The number of rotatable bonds is 9. The minimum atomic E-state index is -0.501. The summed E-state index contributed by atoms with van der Waals surface area (Å²) in [5, 5.41) is 24.0. The van der Waals surface area contributed by atoms with Crippen LogP contribution in [0.5, 0.6) is 0 Å². The van der Waals surface area contributed by atoms with E-state index in [9.17, 15) is 10.2 Å². The highest BCUT2D eigenvalue weighted by Crippen LogP contribution is 2.35. The highest BCUT2D eigenvalue weighted by molar-refractivity contribution is 5.25. The Kier molecular flexibility index (Phi) is 7.50. The van der Waals surface area contributed by atoms with Crippen LogP contribution in [0, 0.1) is 18.8 Å². The molecule has 0 saturated heterocycles. The van der Waals surface area contributed by atoms with Crippen LogP contribution < -0.4 is 5.32 Å². The number of methoxy groups -OCH3 is 1. The van der Waals surface area contributed by atoms with Crippen molar-refractivity contribution in [3.05, 3.63) is 59.2 Å². The van der Waals surface area contributed by atoms with Crippen LogP contribution in [0.2, 0.25) is 0 Å². The molecule has 0 aliphatic heterocycles. The summed E-state index contributed by atoms with van der Waals surface area (Å²) in [6.45, 7) is 3.43. The molecule has 1 fully saturated rings. The van der Waals surface area contributed by atoms with Crippen molar-refractivity contribution in [3.8, 4) is 0 Å². The zero-order valence-electron chi connectivity index (χ0n) is 16.7. The highest BCUT2D eigenvalue weighted by Gasteiger charge is 2.42. The van der Waals surface area contributed by atoms with E-state index in [-0.39, 0.29) is 24.5 Å². The number of hydrogen-bond donors (Lipinski definition) is 3. The molecular weight excluding hydrogens is 354 g/mol. The number of aromatic nitrogens is 2. The molecule has 0 amide bonds. The summed E-state index contributed by atoms with van der Waals surface area (Å²) >= 11 is 0. The van der Waals surface area contributed by atoms with E-state index in [1.165, 1.54) is 11.1 Å². The van der Waals surface area contributed by atoms with Crippen molar-refractivity contribution in [2.24, 2.45) is 11.8 Å². The molecule has 6 heteroatoms. The Morgan fingerprint density at radius 2 is 2.04 bits per heavy atom. The molecule has 3 N–H and O–H groups in total. The molecule has 3 rings (SSSR count). The minimum absolute atomic E-state index is 0.0179. The fourth-order valence-electron chi connectivity index (χ4n) is 4.14. The Labute approximate surface area is 167 Å². The van der Waals surface area contributed by atoms with Gasteiger partial charge in [0.05, 0.1) is 12.7 Å². The zero-order valence-corrected chi connectivity index (χ0v) is 16.7. The van der Waals surface area contributed by atoms with E-state index in [1.54, 1.807) is 13.3 Å². The maximum Gasteiger partial charge on any atom is 0.130 e. The second kappa shape index (κ2) is 10.1. The lowest BCUT2D eigenvalue weighted by molar-refractivity contribution is 0.0716. The molecular formula is C22H31N3O3. The first kappa shape index (κ1) is 20.9. The third-order valence-corrected chi connectivity index (χ3v) is 5.82. The molecule has 1 saturated carbocycles. The summed E-state index contributed by atoms with van der Waals surface area (Å²) in [4.78, 5) is 8.96. The van der Waals surface area contributed by atoms with Crippen LogP contribution in [0.25, 0.3) is 0 Å². The number of hydrogen-bond acceptors (Lipinski definition) is 6. The third kappa shape index (κ3) is 5.14. The number of aliphatic hydroxyl groups excluding tert-OH is 2. The Balaban J connectivity index is 1.70. The van der Waals surface area contributed by atoms with E-state index >= 15 is 0 Å². The van der Waals surface area contributed by atoms with Gasteiger partial charge in [-0.25, -0.2) is 9.97 Å². The molecule has 28 heavy (non-hydrogen) atoms. The van der Waals surface area contributed by atoms with E-state index < -0.39 is 6.10 Å². The summed E-state index contributed by atoms with van der Waals surface area (Å²) in [7, 11) is 1.67. The molecule has 1 heterocycles. The number of nitrogens with zero attached hydrogens (tertiary/aromatic N) is 2. The van der Waals surface area contributed by atoms with Gasteiger partial charge in [-0.15, -0.1) is 0 Å². The lowest BCUT2D eigenvalue weighted by Crippen LogP contribution is -2.36. The monoisotopic (exact) mass is 385 g/mol. The van der Waals surface area contributed by atoms with E-state index in [1.807, 2.05) is 18.2 Å². The van der Waals surface area contributed by atoms with Crippen molar-refractivity contribution >= 4 is 0 Å². The summed E-state index contributed by atoms with van der Waals surface area (Å²) in [5.41, 5.74) is 3.45. The molecule has 1 aromatic heterocycles. The first-order valence-electron chi connectivity index (χ1n) is 9.99. The van der Waals surface area contributed by atoms with Gasteiger partial charge in [0.2, 0.25) is 0 Å². The Hall–Kier alpha value is -1.86. The van der Waals surface area contributed by atoms with Gasteiger partial charge in [0.25, 0.3) is 0 Å². The number of nitrogens with one attached hydrogen (secondary N) is 1. The predicted molar refractivity (Wildman–Crippen MR) is 108 cm³/mol. The number of benzene rings is 1. The first-order chi connectivity index (χ1) is 13.6. The fourth-order valence-corrected chi connectivity index (χ4v) is 4.14. The van der Waals surface area contributed by atoms with Gasteiger partial charge < -0.3 is 20.3 Å². The molecule has 6 nitrogen and oxygen atoms in total. The maximum atomic E-state index is 10.5. The Morgan fingerprint density at radius 3 is 2.79 bits per heavy atom. The summed E-state index contributed by atoms with van der Waals surface area (Å²) in [6.07, 6.45) is 3.30. The van der Waals surface area contributed by atoms with Crippen molar-refractivity contribution in [2.45, 2.75) is 44.9 Å². The molecule has 0 spiro atoms. The van der Waals surface area contributed by atoms with Crippen molar-refractivity contribution in [1.29, 1.82) is 0 Å². The quantitative estimate of drug-likeness (QED) is 0.609. The van der Waals surface area contributed by atoms with Gasteiger partial charge >= 0.3 is 0 Å². The standard InChI is InChI=1S/C22H31N3O3/c1-15-5-3-4-6-16(15)13-24-20-12-21(27)19(14-26)18(20)11-17-7-9-23-22(25-17)8-10-28-2/h3-7,9,18-21,24,26-27H,8,10-14H2,1-2H3/t18-,19-,20-,21-/m1/s1. The first-order valence-corrected chi connectivity index (χ1v) is 9.99. The van der Waals surface area contributed by atoms with E-state index in [0.29, 0.717) is 25.9 Å². The average Bonchev–Trinajstić information content (AvgIpc) is 3.00. The van der Waals surface area contributed by atoms with Crippen LogP contribution in [0.3, 0.4) is 0 Å². The van der Waals surface area contributed by atoms with Gasteiger partial charge in [0.15, 0.2) is 0 Å². The van der Waals surface area contributed by atoms with Crippen LogP contribution in [0.1, 0.15) is 29.1 Å². The lowest BCUT2D eigenvalue weighted by atomic mass is 9.88. The van der Waals surface area contributed by atoms with Gasteiger partial charge in [-0.05, 0) is 42.9 Å². The fraction of sp³-hybridized carbons (Fsp3) is 0.545. The van der Waals surface area contributed by atoms with Gasteiger partial charge in [0.1, 0.15) is 5.82 Å². The van der Waals surface area contributed by atoms with Crippen LogP contribution in [0.15, 0.2) is 36.5 Å². The van der Waals surface area contributed by atoms with Gasteiger partial charge in [-0.3, -0.25) is 0 Å². The molecule has 1 aromatic carbocycles. The van der Waals surface area contributed by atoms with E-state index in [0.717, 1.165) is 18.1 Å². The Morgan fingerprint density at radius 1 is 1.21 bits per heavy atom. The molecule has 0 unspecified atom stereocenters. The second-order valence-corrected chi connectivity index (χ2v) is 7.64. The molecule has 4 atom stereocenters. The van der Waals surface area contributed by atoms with Crippen molar-refractivity contribution in [2.75, 3.05) is 20.3 Å². The SMILES string of the molecule is COCCc1nccc(C[C@@H]2[C@@H](CO)[C@H](O)C[C@H]2NCc2ccccc2C)n1. The average molecular weight is 386 g/mol. The van der Waals surface area contributed by atoms with Gasteiger partial charge in [0, 0.05) is 50.5 Å². The normalized spacial score (nSPS) is 24.6. The second-order valence-electron chi connectivity index (χ2n) is 7.64. The molecule has 0 bridgehead atoms. The molecule has 1 aliphatic rings. The predicted octanol–water partition coefficient (Wildman–Crippen LogP) is 1.66. The van der Waals surface area contributed by atoms with Crippen LogP contribution >= 0.6 is 0 Å². The highest BCUT2D eigenvalue weighted by atomic mass is 16.5. The van der Waals surface area contributed by atoms with Crippen molar-refractivity contribution in [3.63, 3.8) is 0 Å². The minimum Gasteiger partial charge on any atom is -0.396 e. The molecule has 0 radical (unpaired) electrons. The number of aryl methyl sites for hydroxylation is 1. The Bertz CT molecular complexity index is 755.